The first kappa shape index (κ1) is 21.4. The lowest BCUT2D eigenvalue weighted by atomic mass is 10.2. The van der Waals surface area contributed by atoms with Crippen molar-refractivity contribution in [2.24, 2.45) is 0 Å². The lowest BCUT2D eigenvalue weighted by molar-refractivity contribution is -0.134. The molecule has 0 aliphatic carbocycles. The maximum absolute atomic E-state index is 13.0. The van der Waals surface area contributed by atoms with E-state index in [9.17, 15) is 26.0 Å². The number of sulfone groups is 1. The van der Waals surface area contributed by atoms with Crippen LogP contribution in [0.2, 0.25) is 0 Å². The molecule has 0 radical (unpaired) electrons. The van der Waals surface area contributed by atoms with E-state index in [-0.39, 0.29) is 41.8 Å². The highest BCUT2D eigenvalue weighted by molar-refractivity contribution is 7.92. The summed E-state index contributed by atoms with van der Waals surface area (Å²) in [6.45, 7) is 1.76. The predicted octanol–water partition coefficient (Wildman–Crippen LogP) is 1.49. The summed E-state index contributed by atoms with van der Waals surface area (Å²) in [6.07, 6.45) is -0.0750. The van der Waals surface area contributed by atoms with Crippen LogP contribution in [0.15, 0.2) is 58.3 Å². The zero-order valence-electron chi connectivity index (χ0n) is 15.7. The van der Waals surface area contributed by atoms with Gasteiger partial charge in [-0.2, -0.15) is 0 Å². The number of nitrogens with zero attached hydrogens (tertiary/aromatic N) is 1. The van der Waals surface area contributed by atoms with E-state index in [1.807, 2.05) is 0 Å². The SMILES string of the molecule is Cc1cccc(S(=O)(=O)NCCC(=O)N2CC(S(=O)(=O)c3ccc(F)cc3)C2)c1. The van der Waals surface area contributed by atoms with E-state index in [4.69, 9.17) is 0 Å². The molecule has 3 rings (SSSR count). The van der Waals surface area contributed by atoms with Crippen molar-refractivity contribution in [1.82, 2.24) is 9.62 Å². The summed E-state index contributed by atoms with van der Waals surface area (Å²) in [6, 6.07) is 11.0. The van der Waals surface area contributed by atoms with Crippen LogP contribution in [-0.2, 0) is 24.7 Å². The number of halogens is 1. The van der Waals surface area contributed by atoms with E-state index in [0.717, 1.165) is 17.7 Å². The van der Waals surface area contributed by atoms with Crippen molar-refractivity contribution in [3.05, 3.63) is 59.9 Å². The summed E-state index contributed by atoms with van der Waals surface area (Å²) < 4.78 is 64.8. The molecule has 0 saturated carbocycles. The Morgan fingerprint density at radius 2 is 1.72 bits per heavy atom. The number of hydrogen-bond acceptors (Lipinski definition) is 5. The van der Waals surface area contributed by atoms with Gasteiger partial charge in [-0.15, -0.1) is 0 Å². The van der Waals surface area contributed by atoms with Gasteiger partial charge in [0.15, 0.2) is 9.84 Å². The molecule has 1 aliphatic heterocycles. The largest absolute Gasteiger partial charge is 0.340 e. The average molecular weight is 441 g/mol. The molecule has 0 aromatic heterocycles. The highest BCUT2D eigenvalue weighted by Gasteiger charge is 2.40. The molecular formula is C19H21FN2O5S2. The Bertz CT molecular complexity index is 1110. The van der Waals surface area contributed by atoms with E-state index in [2.05, 4.69) is 4.72 Å². The van der Waals surface area contributed by atoms with Crippen molar-refractivity contribution in [3.8, 4) is 0 Å². The highest BCUT2D eigenvalue weighted by atomic mass is 32.2. The minimum absolute atomic E-state index is 0.0157. The minimum atomic E-state index is -3.71. The third-order valence-electron chi connectivity index (χ3n) is 4.71. The number of nitrogens with one attached hydrogen (secondary N) is 1. The van der Waals surface area contributed by atoms with Crippen LogP contribution in [0, 0.1) is 12.7 Å². The van der Waals surface area contributed by atoms with Crippen LogP contribution in [0.1, 0.15) is 12.0 Å². The number of carbonyl (C=O) groups excluding carboxylic acids is 1. The van der Waals surface area contributed by atoms with Gasteiger partial charge in [-0.1, -0.05) is 12.1 Å². The molecule has 10 heteroatoms. The number of likely N-dealkylation sites (tertiary alicyclic amines) is 1. The molecule has 0 bridgehead atoms. The molecule has 0 unspecified atom stereocenters. The Hall–Kier alpha value is -2.30. The number of aryl methyl sites for hydroxylation is 1. The van der Waals surface area contributed by atoms with Crippen LogP contribution in [0.3, 0.4) is 0 Å². The lowest BCUT2D eigenvalue weighted by Gasteiger charge is -2.38. The zero-order chi connectivity index (χ0) is 21.2. The maximum atomic E-state index is 13.0. The smallest absolute Gasteiger partial charge is 0.240 e. The van der Waals surface area contributed by atoms with Gasteiger partial charge in [0, 0.05) is 26.1 Å². The Balaban J connectivity index is 1.50. The van der Waals surface area contributed by atoms with Crippen LogP contribution < -0.4 is 4.72 Å². The molecule has 1 aliphatic rings. The van der Waals surface area contributed by atoms with Crippen LogP contribution in [0.25, 0.3) is 0 Å². The second-order valence-electron chi connectivity index (χ2n) is 6.88. The lowest BCUT2D eigenvalue weighted by Crippen LogP contribution is -2.57. The molecule has 0 atom stereocenters. The Morgan fingerprint density at radius 3 is 2.34 bits per heavy atom. The monoisotopic (exact) mass is 440 g/mol. The number of carbonyl (C=O) groups is 1. The van der Waals surface area contributed by atoms with E-state index in [1.165, 1.54) is 29.2 Å². The van der Waals surface area contributed by atoms with Gasteiger partial charge >= 0.3 is 0 Å². The van der Waals surface area contributed by atoms with E-state index >= 15 is 0 Å². The average Bonchev–Trinajstić information content (AvgIpc) is 2.60. The Labute approximate surface area is 169 Å². The van der Waals surface area contributed by atoms with Crippen molar-refractivity contribution in [1.29, 1.82) is 0 Å². The summed E-state index contributed by atoms with van der Waals surface area (Å²) in [7, 11) is -7.36. The molecule has 1 N–H and O–H groups in total. The molecule has 2 aromatic carbocycles. The van der Waals surface area contributed by atoms with Gasteiger partial charge in [-0.3, -0.25) is 4.79 Å². The first-order chi connectivity index (χ1) is 13.6. The van der Waals surface area contributed by atoms with E-state index in [1.54, 1.807) is 19.1 Å². The molecule has 1 fully saturated rings. The van der Waals surface area contributed by atoms with Gasteiger partial charge in [0.2, 0.25) is 15.9 Å². The predicted molar refractivity (Wildman–Crippen MR) is 105 cm³/mol. The van der Waals surface area contributed by atoms with Crippen molar-refractivity contribution in [2.75, 3.05) is 19.6 Å². The molecule has 1 amide bonds. The molecule has 1 heterocycles. The second kappa shape index (κ2) is 8.21. The maximum Gasteiger partial charge on any atom is 0.240 e. The number of rotatable bonds is 7. The number of amides is 1. The molecule has 7 nitrogen and oxygen atoms in total. The number of benzene rings is 2. The van der Waals surface area contributed by atoms with Gasteiger partial charge in [-0.05, 0) is 48.9 Å². The number of hydrogen-bond donors (Lipinski definition) is 1. The molecule has 2 aromatic rings. The first-order valence-corrected chi connectivity index (χ1v) is 12.0. The van der Waals surface area contributed by atoms with Gasteiger partial charge in [0.05, 0.1) is 9.79 Å². The zero-order valence-corrected chi connectivity index (χ0v) is 17.3. The summed E-state index contributed by atoms with van der Waals surface area (Å²) in [5.41, 5.74) is 0.804. The fourth-order valence-electron chi connectivity index (χ4n) is 2.97. The molecule has 156 valence electrons. The van der Waals surface area contributed by atoms with Crippen LogP contribution >= 0.6 is 0 Å². The molecule has 29 heavy (non-hydrogen) atoms. The van der Waals surface area contributed by atoms with Gasteiger partial charge < -0.3 is 4.90 Å². The summed E-state index contributed by atoms with van der Waals surface area (Å²) in [4.78, 5) is 13.7. The Morgan fingerprint density at radius 1 is 1.07 bits per heavy atom. The minimum Gasteiger partial charge on any atom is -0.340 e. The van der Waals surface area contributed by atoms with Crippen LogP contribution in [-0.4, -0.2) is 52.5 Å². The molecular weight excluding hydrogens is 419 g/mol. The van der Waals surface area contributed by atoms with Crippen molar-refractivity contribution in [2.45, 2.75) is 28.4 Å². The fourth-order valence-corrected chi connectivity index (χ4v) is 5.76. The second-order valence-corrected chi connectivity index (χ2v) is 10.9. The normalized spacial score (nSPS) is 15.2. The summed E-state index contributed by atoms with van der Waals surface area (Å²) in [5.74, 6) is -0.857. The summed E-state index contributed by atoms with van der Waals surface area (Å²) in [5, 5.41) is -0.749. The quantitative estimate of drug-likeness (QED) is 0.658. The third-order valence-corrected chi connectivity index (χ3v) is 8.28. The first-order valence-electron chi connectivity index (χ1n) is 8.93. The third kappa shape index (κ3) is 4.82. The van der Waals surface area contributed by atoms with Crippen molar-refractivity contribution < 1.29 is 26.0 Å². The topological polar surface area (TPSA) is 101 Å². The standard InChI is InChI=1S/C19H21FN2O5S2/c1-14-3-2-4-17(11-14)29(26,27)21-10-9-19(23)22-12-18(13-22)28(24,25)16-7-5-15(20)6-8-16/h2-8,11,18,21H,9-10,12-13H2,1H3. The number of sulfonamides is 1. The van der Waals surface area contributed by atoms with Crippen LogP contribution in [0.5, 0.6) is 0 Å². The fraction of sp³-hybridized carbons (Fsp3) is 0.316. The van der Waals surface area contributed by atoms with Gasteiger partial charge in [0.25, 0.3) is 0 Å². The van der Waals surface area contributed by atoms with Crippen molar-refractivity contribution >= 4 is 25.8 Å². The van der Waals surface area contributed by atoms with Gasteiger partial charge in [0.1, 0.15) is 11.1 Å². The molecule has 1 saturated heterocycles. The Kier molecular flexibility index (Phi) is 6.06. The van der Waals surface area contributed by atoms with Gasteiger partial charge in [-0.25, -0.2) is 25.9 Å². The van der Waals surface area contributed by atoms with E-state index < -0.39 is 30.9 Å². The van der Waals surface area contributed by atoms with Crippen molar-refractivity contribution in [3.63, 3.8) is 0 Å². The summed E-state index contributed by atoms with van der Waals surface area (Å²) >= 11 is 0. The highest BCUT2D eigenvalue weighted by Crippen LogP contribution is 2.24. The molecule has 0 spiro atoms. The van der Waals surface area contributed by atoms with Crippen LogP contribution in [0.4, 0.5) is 4.39 Å². The van der Waals surface area contributed by atoms with E-state index in [0.29, 0.717) is 0 Å².